The maximum absolute atomic E-state index is 13.5. The minimum Gasteiger partial charge on any atom is -0.484 e. The molecule has 1 fully saturated rings. The molecular weight excluding hydrogens is 488 g/mol. The van der Waals surface area contributed by atoms with Gasteiger partial charge in [0, 0.05) is 22.0 Å². The molecule has 4 rings (SSSR count). The van der Waals surface area contributed by atoms with Gasteiger partial charge in [-0.3, -0.25) is 14.9 Å². The molecule has 2 aromatic carbocycles. The van der Waals surface area contributed by atoms with E-state index in [4.69, 9.17) is 9.72 Å². The first-order valence-electron chi connectivity index (χ1n) is 11.1. The lowest BCUT2D eigenvalue weighted by atomic mass is 9.88. The molecule has 0 N–H and O–H groups in total. The molecular formula is C24H25BrN4O4. The average molecular weight is 513 g/mol. The summed E-state index contributed by atoms with van der Waals surface area (Å²) >= 11 is 3.42. The number of aromatic nitrogens is 2. The van der Waals surface area contributed by atoms with Gasteiger partial charge in [-0.1, -0.05) is 41.3 Å². The van der Waals surface area contributed by atoms with Gasteiger partial charge >= 0.3 is 5.69 Å². The van der Waals surface area contributed by atoms with Crippen molar-refractivity contribution in [2.45, 2.75) is 58.0 Å². The van der Waals surface area contributed by atoms with E-state index in [-0.39, 0.29) is 29.0 Å². The number of nitro benzene ring substituents is 1. The van der Waals surface area contributed by atoms with E-state index in [1.54, 1.807) is 32.0 Å². The molecule has 0 aliphatic heterocycles. The van der Waals surface area contributed by atoms with Crippen LogP contribution in [-0.2, 0) is 0 Å². The Morgan fingerprint density at radius 1 is 1.24 bits per heavy atom. The van der Waals surface area contributed by atoms with Gasteiger partial charge in [-0.15, -0.1) is 0 Å². The third kappa shape index (κ3) is 4.98. The van der Waals surface area contributed by atoms with Crippen LogP contribution in [0.2, 0.25) is 0 Å². The summed E-state index contributed by atoms with van der Waals surface area (Å²) in [4.78, 5) is 29.3. The molecule has 172 valence electrons. The lowest BCUT2D eigenvalue weighted by molar-refractivity contribution is -0.386. The number of ether oxygens (including phenoxy) is 1. The van der Waals surface area contributed by atoms with Crippen molar-refractivity contribution in [3.8, 4) is 5.75 Å². The lowest BCUT2D eigenvalue weighted by Crippen LogP contribution is -2.25. The summed E-state index contributed by atoms with van der Waals surface area (Å²) in [5.41, 5.74) is 0.645. The van der Waals surface area contributed by atoms with Crippen molar-refractivity contribution < 1.29 is 9.66 Å². The molecule has 1 aliphatic rings. The van der Waals surface area contributed by atoms with Crippen molar-refractivity contribution in [3.05, 3.63) is 72.7 Å². The summed E-state index contributed by atoms with van der Waals surface area (Å²) < 4.78 is 7.88. The summed E-state index contributed by atoms with van der Waals surface area (Å²) in [6.45, 7) is 3.60. The third-order valence-electron chi connectivity index (χ3n) is 5.69. The van der Waals surface area contributed by atoms with Crippen molar-refractivity contribution in [3.63, 3.8) is 0 Å². The van der Waals surface area contributed by atoms with Crippen molar-refractivity contribution in [1.29, 1.82) is 0 Å². The minimum absolute atomic E-state index is 0.130. The Hall–Kier alpha value is -3.07. The second-order valence-corrected chi connectivity index (χ2v) is 9.36. The van der Waals surface area contributed by atoms with Crippen LogP contribution in [0.1, 0.15) is 63.3 Å². The van der Waals surface area contributed by atoms with E-state index in [0.29, 0.717) is 22.3 Å². The highest BCUT2D eigenvalue weighted by atomic mass is 79.9. The van der Waals surface area contributed by atoms with E-state index in [0.717, 1.165) is 30.2 Å². The molecule has 0 unspecified atom stereocenters. The van der Waals surface area contributed by atoms with Crippen LogP contribution in [-0.4, -0.2) is 26.9 Å². The zero-order valence-corrected chi connectivity index (χ0v) is 20.1. The summed E-state index contributed by atoms with van der Waals surface area (Å²) in [6.07, 6.45) is 6.42. The van der Waals surface area contributed by atoms with Gasteiger partial charge < -0.3 is 4.74 Å². The lowest BCUT2D eigenvalue weighted by Gasteiger charge is -2.22. The van der Waals surface area contributed by atoms with Gasteiger partial charge in [0.2, 0.25) is 5.75 Å². The number of hydrogen-bond acceptors (Lipinski definition) is 6. The number of hydrogen-bond donors (Lipinski definition) is 0. The van der Waals surface area contributed by atoms with E-state index in [1.807, 2.05) is 12.1 Å². The molecule has 8 nitrogen and oxygen atoms in total. The monoisotopic (exact) mass is 512 g/mol. The van der Waals surface area contributed by atoms with Crippen LogP contribution < -0.4 is 10.3 Å². The van der Waals surface area contributed by atoms with E-state index < -0.39 is 4.92 Å². The summed E-state index contributed by atoms with van der Waals surface area (Å²) in [6, 6.07) is 10.1. The topological polar surface area (TPSA) is 99.6 Å². The highest BCUT2D eigenvalue weighted by Crippen LogP contribution is 2.33. The Morgan fingerprint density at radius 2 is 2.00 bits per heavy atom. The summed E-state index contributed by atoms with van der Waals surface area (Å²) in [5, 5.41) is 16.5. The van der Waals surface area contributed by atoms with E-state index in [1.165, 1.54) is 23.4 Å². The van der Waals surface area contributed by atoms with E-state index in [2.05, 4.69) is 21.0 Å². The quantitative estimate of drug-likeness (QED) is 0.236. The van der Waals surface area contributed by atoms with Crippen molar-refractivity contribution in [1.82, 2.24) is 9.66 Å². The van der Waals surface area contributed by atoms with Crippen LogP contribution in [0, 0.1) is 10.1 Å². The van der Waals surface area contributed by atoms with Crippen LogP contribution in [0.4, 0.5) is 5.69 Å². The van der Waals surface area contributed by atoms with Gasteiger partial charge in [0.25, 0.3) is 5.56 Å². The fraction of sp³-hybridized carbons (Fsp3) is 0.375. The number of para-hydroxylation sites is 1. The Balaban J connectivity index is 1.87. The number of halogens is 1. The normalized spacial score (nSPS) is 14.9. The standard InChI is InChI=1S/C24H25BrN4O4/c1-15(2)33-22-17(9-6-10-21(22)29(31)32)14-26-28-23(16-7-4-3-5-8-16)27-20-12-11-18(25)13-19(20)24(28)30/h6,9-16H,3-5,7-8H2,1-2H3. The SMILES string of the molecule is CC(C)Oc1c(C=Nn2c(C3CCCCC3)nc3ccc(Br)cc3c2=O)cccc1[N+](=O)[O-]. The van der Waals surface area contributed by atoms with Crippen LogP contribution in [0.25, 0.3) is 10.9 Å². The zero-order valence-electron chi connectivity index (χ0n) is 18.5. The second kappa shape index (κ2) is 9.82. The first-order chi connectivity index (χ1) is 15.8. The molecule has 33 heavy (non-hydrogen) atoms. The van der Waals surface area contributed by atoms with Gasteiger partial charge in [-0.2, -0.15) is 9.78 Å². The van der Waals surface area contributed by atoms with Crippen molar-refractivity contribution in [2.24, 2.45) is 5.10 Å². The molecule has 0 atom stereocenters. The molecule has 1 aromatic heterocycles. The molecule has 0 amide bonds. The van der Waals surface area contributed by atoms with Gasteiger partial charge in [0.05, 0.1) is 28.1 Å². The third-order valence-corrected chi connectivity index (χ3v) is 6.18. The maximum atomic E-state index is 13.5. The molecule has 0 bridgehead atoms. The minimum atomic E-state index is -0.482. The highest BCUT2D eigenvalue weighted by Gasteiger charge is 2.23. The first kappa shape index (κ1) is 23.1. The Morgan fingerprint density at radius 3 is 2.70 bits per heavy atom. The van der Waals surface area contributed by atoms with Crippen LogP contribution in [0.5, 0.6) is 5.75 Å². The fourth-order valence-electron chi connectivity index (χ4n) is 4.17. The Kier molecular flexibility index (Phi) is 6.88. The molecule has 9 heteroatoms. The predicted molar refractivity (Wildman–Crippen MR) is 131 cm³/mol. The van der Waals surface area contributed by atoms with Crippen LogP contribution >= 0.6 is 15.9 Å². The number of nitro groups is 1. The molecule has 0 saturated heterocycles. The average Bonchev–Trinajstić information content (AvgIpc) is 2.79. The molecule has 3 aromatic rings. The predicted octanol–water partition coefficient (Wildman–Crippen LogP) is 5.78. The number of benzene rings is 2. The smallest absolute Gasteiger partial charge is 0.311 e. The largest absolute Gasteiger partial charge is 0.484 e. The van der Waals surface area contributed by atoms with Gasteiger partial charge in [-0.25, -0.2) is 4.98 Å². The number of rotatable bonds is 6. The van der Waals surface area contributed by atoms with Crippen molar-refractivity contribution >= 4 is 38.7 Å². The first-order valence-corrected chi connectivity index (χ1v) is 11.8. The van der Waals surface area contributed by atoms with Crippen molar-refractivity contribution in [2.75, 3.05) is 0 Å². The molecule has 1 heterocycles. The van der Waals surface area contributed by atoms with Gasteiger partial charge in [-0.05, 0) is 51.0 Å². The van der Waals surface area contributed by atoms with Crippen LogP contribution in [0.3, 0.4) is 0 Å². The molecule has 0 spiro atoms. The molecule has 0 radical (unpaired) electrons. The number of nitrogens with zero attached hydrogens (tertiary/aromatic N) is 4. The van der Waals surface area contributed by atoms with E-state index >= 15 is 0 Å². The van der Waals surface area contributed by atoms with Crippen LogP contribution in [0.15, 0.2) is 50.8 Å². The fourth-order valence-corrected chi connectivity index (χ4v) is 4.54. The molecule has 1 aliphatic carbocycles. The van der Waals surface area contributed by atoms with Gasteiger partial charge in [0.15, 0.2) is 0 Å². The summed E-state index contributed by atoms with van der Waals surface area (Å²) in [7, 11) is 0. The highest BCUT2D eigenvalue weighted by molar-refractivity contribution is 9.10. The Labute approximate surface area is 199 Å². The maximum Gasteiger partial charge on any atom is 0.311 e. The Bertz CT molecular complexity index is 1280. The molecule has 1 saturated carbocycles. The summed E-state index contributed by atoms with van der Waals surface area (Å²) in [5.74, 6) is 0.890. The van der Waals surface area contributed by atoms with Gasteiger partial charge in [0.1, 0.15) is 5.82 Å². The number of fused-ring (bicyclic) bond motifs is 1. The second-order valence-electron chi connectivity index (χ2n) is 8.45. The zero-order chi connectivity index (χ0) is 23.5. The van der Waals surface area contributed by atoms with E-state index in [9.17, 15) is 14.9 Å².